The van der Waals surface area contributed by atoms with Gasteiger partial charge in [0.15, 0.2) is 0 Å². The Morgan fingerprint density at radius 3 is 2.43 bits per heavy atom. The maximum Gasteiger partial charge on any atom is 0.416 e. The lowest BCUT2D eigenvalue weighted by Crippen LogP contribution is -2.37. The number of benzene rings is 1. The number of aliphatic carboxylic acids is 1. The van der Waals surface area contributed by atoms with E-state index in [2.05, 4.69) is 30.4 Å². The number of carboxylic acid groups (broad SMARTS) is 1. The van der Waals surface area contributed by atoms with Crippen molar-refractivity contribution in [2.24, 2.45) is 5.92 Å². The molecular formula is C17H21NO5. The summed E-state index contributed by atoms with van der Waals surface area (Å²) in [5.74, 6) is -2.33. The molecule has 0 spiro atoms. The maximum absolute atomic E-state index is 11.8. The number of carbonyl (C=O) groups excluding carboxylic acids is 2. The quantitative estimate of drug-likeness (QED) is 0.843. The number of amides is 2. The molecule has 1 N–H and O–H groups in total. The topological polar surface area (TPSA) is 83.9 Å². The van der Waals surface area contributed by atoms with Crippen LogP contribution in [0.4, 0.5) is 4.79 Å². The van der Waals surface area contributed by atoms with Crippen LogP contribution in [0.1, 0.15) is 18.4 Å². The fourth-order valence-electron chi connectivity index (χ4n) is 2.03. The normalized spacial score (nSPS) is 14.3. The molecular weight excluding hydrogens is 298 g/mol. The molecule has 1 aliphatic rings. The monoisotopic (exact) mass is 319 g/mol. The van der Waals surface area contributed by atoms with E-state index in [0.717, 1.165) is 4.90 Å². The summed E-state index contributed by atoms with van der Waals surface area (Å²) in [7, 11) is 0. The fraction of sp³-hybridized carbons (Fsp3) is 0.353. The van der Waals surface area contributed by atoms with Crippen LogP contribution in [-0.4, -0.2) is 41.1 Å². The van der Waals surface area contributed by atoms with Crippen LogP contribution in [-0.2, 0) is 14.3 Å². The van der Waals surface area contributed by atoms with E-state index >= 15 is 0 Å². The van der Waals surface area contributed by atoms with Gasteiger partial charge in [0.1, 0.15) is 6.61 Å². The summed E-state index contributed by atoms with van der Waals surface area (Å²) in [5, 5.41) is 8.65. The molecule has 0 radical (unpaired) electrons. The molecule has 2 rings (SSSR count). The van der Waals surface area contributed by atoms with Crippen LogP contribution in [0.5, 0.6) is 0 Å². The number of rotatable bonds is 5. The van der Waals surface area contributed by atoms with Crippen molar-refractivity contribution in [3.63, 3.8) is 0 Å². The highest BCUT2D eigenvalue weighted by Gasteiger charge is 2.33. The van der Waals surface area contributed by atoms with E-state index < -0.39 is 23.9 Å². The van der Waals surface area contributed by atoms with Crippen LogP contribution < -0.4 is 0 Å². The van der Waals surface area contributed by atoms with Gasteiger partial charge in [0.2, 0.25) is 5.91 Å². The first kappa shape index (κ1) is 18.4. The molecule has 1 heterocycles. The molecule has 1 aromatic rings. The van der Waals surface area contributed by atoms with Gasteiger partial charge in [-0.2, -0.15) is 0 Å². The van der Waals surface area contributed by atoms with Gasteiger partial charge in [-0.3, -0.25) is 9.59 Å². The zero-order chi connectivity index (χ0) is 17.2. The second-order valence-corrected chi connectivity index (χ2v) is 5.08. The molecule has 124 valence electrons. The van der Waals surface area contributed by atoms with Gasteiger partial charge in [0.05, 0.1) is 18.9 Å². The summed E-state index contributed by atoms with van der Waals surface area (Å²) in [4.78, 5) is 34.4. The standard InChI is InChI=1S/C10H13NO5.C7H8/c1-2-3-7(6-8(12)13)9(14)11-4-5-16-10(11)15;1-7-5-3-2-4-6-7/h2,7H,1,3-6H2,(H,12,13);2-6H,1H3. The Hall–Kier alpha value is -2.63. The SMILES string of the molecule is C=CCC(CC(=O)O)C(=O)N1CCOC1=O.Cc1ccccc1. The maximum atomic E-state index is 11.8. The highest BCUT2D eigenvalue weighted by atomic mass is 16.6. The van der Waals surface area contributed by atoms with Crippen molar-refractivity contribution in [3.05, 3.63) is 48.6 Å². The van der Waals surface area contributed by atoms with E-state index in [0.29, 0.717) is 0 Å². The average molecular weight is 319 g/mol. The lowest BCUT2D eigenvalue weighted by molar-refractivity contribution is -0.143. The number of aryl methyl sites for hydroxylation is 1. The number of nitrogens with zero attached hydrogens (tertiary/aromatic N) is 1. The van der Waals surface area contributed by atoms with E-state index in [1.807, 2.05) is 18.2 Å². The van der Waals surface area contributed by atoms with Gasteiger partial charge in [0.25, 0.3) is 0 Å². The van der Waals surface area contributed by atoms with E-state index in [-0.39, 0.29) is 26.0 Å². The number of imide groups is 1. The van der Waals surface area contributed by atoms with Crippen molar-refractivity contribution in [1.82, 2.24) is 4.90 Å². The third kappa shape index (κ3) is 6.34. The Morgan fingerprint density at radius 2 is 2.04 bits per heavy atom. The molecule has 0 aliphatic carbocycles. The number of ether oxygens (including phenoxy) is 1. The third-order valence-electron chi connectivity index (χ3n) is 3.19. The Labute approximate surface area is 135 Å². The summed E-state index contributed by atoms with van der Waals surface area (Å²) in [6, 6.07) is 10.3. The summed E-state index contributed by atoms with van der Waals surface area (Å²) in [6.45, 7) is 5.89. The lowest BCUT2D eigenvalue weighted by Gasteiger charge is -2.17. The van der Waals surface area contributed by atoms with Gasteiger partial charge < -0.3 is 9.84 Å². The Balaban J connectivity index is 0.000000313. The molecule has 0 bridgehead atoms. The van der Waals surface area contributed by atoms with E-state index in [1.165, 1.54) is 11.6 Å². The first-order chi connectivity index (χ1) is 11.0. The van der Waals surface area contributed by atoms with Crippen LogP contribution in [0.25, 0.3) is 0 Å². The average Bonchev–Trinajstić information content (AvgIpc) is 2.93. The Morgan fingerprint density at radius 1 is 1.39 bits per heavy atom. The Bertz CT molecular complexity index is 555. The van der Waals surface area contributed by atoms with Crippen LogP contribution in [0.2, 0.25) is 0 Å². The minimum Gasteiger partial charge on any atom is -0.481 e. The van der Waals surface area contributed by atoms with E-state index in [4.69, 9.17) is 5.11 Å². The second kappa shape index (κ2) is 9.40. The molecule has 1 saturated heterocycles. The molecule has 6 nitrogen and oxygen atoms in total. The molecule has 6 heteroatoms. The van der Waals surface area contributed by atoms with E-state index in [9.17, 15) is 14.4 Å². The zero-order valence-electron chi connectivity index (χ0n) is 13.1. The molecule has 1 fully saturated rings. The number of carboxylic acids is 1. The van der Waals surface area contributed by atoms with Crippen molar-refractivity contribution in [2.45, 2.75) is 19.8 Å². The molecule has 1 unspecified atom stereocenters. The van der Waals surface area contributed by atoms with Crippen molar-refractivity contribution >= 4 is 18.0 Å². The molecule has 1 atom stereocenters. The van der Waals surface area contributed by atoms with Gasteiger partial charge in [-0.05, 0) is 13.3 Å². The second-order valence-electron chi connectivity index (χ2n) is 5.08. The van der Waals surface area contributed by atoms with Gasteiger partial charge in [0, 0.05) is 0 Å². The van der Waals surface area contributed by atoms with Crippen LogP contribution >= 0.6 is 0 Å². The van der Waals surface area contributed by atoms with Crippen molar-refractivity contribution in [2.75, 3.05) is 13.2 Å². The van der Waals surface area contributed by atoms with Gasteiger partial charge in [-0.15, -0.1) is 6.58 Å². The van der Waals surface area contributed by atoms with Crippen molar-refractivity contribution < 1.29 is 24.2 Å². The van der Waals surface area contributed by atoms with E-state index in [1.54, 1.807) is 0 Å². The van der Waals surface area contributed by atoms with Crippen LogP contribution in [0, 0.1) is 12.8 Å². The molecule has 23 heavy (non-hydrogen) atoms. The summed E-state index contributed by atoms with van der Waals surface area (Å²) in [5.41, 5.74) is 1.32. The first-order valence-corrected chi connectivity index (χ1v) is 7.28. The first-order valence-electron chi connectivity index (χ1n) is 7.28. The number of hydrogen-bond donors (Lipinski definition) is 1. The number of cyclic esters (lactones) is 1. The smallest absolute Gasteiger partial charge is 0.416 e. The number of hydrogen-bond acceptors (Lipinski definition) is 4. The summed E-state index contributed by atoms with van der Waals surface area (Å²) in [6.07, 6.45) is 0.681. The van der Waals surface area contributed by atoms with Crippen molar-refractivity contribution in [1.29, 1.82) is 0 Å². The summed E-state index contributed by atoms with van der Waals surface area (Å²) >= 11 is 0. The third-order valence-corrected chi connectivity index (χ3v) is 3.19. The highest BCUT2D eigenvalue weighted by Crippen LogP contribution is 2.16. The molecule has 1 aromatic carbocycles. The molecule has 1 aliphatic heterocycles. The minimum atomic E-state index is -1.08. The molecule has 0 saturated carbocycles. The van der Waals surface area contributed by atoms with Crippen molar-refractivity contribution in [3.8, 4) is 0 Å². The minimum absolute atomic E-state index is 0.165. The Kier molecular flexibility index (Phi) is 7.53. The largest absolute Gasteiger partial charge is 0.481 e. The highest BCUT2D eigenvalue weighted by molar-refractivity contribution is 5.95. The molecule has 0 aromatic heterocycles. The van der Waals surface area contributed by atoms with Gasteiger partial charge >= 0.3 is 12.1 Å². The summed E-state index contributed by atoms with van der Waals surface area (Å²) < 4.78 is 4.61. The number of allylic oxidation sites excluding steroid dienone is 1. The fourth-order valence-corrected chi connectivity index (χ4v) is 2.03. The zero-order valence-corrected chi connectivity index (χ0v) is 13.1. The predicted octanol–water partition coefficient (Wildman–Crippen LogP) is 2.63. The van der Waals surface area contributed by atoms with Crippen LogP contribution in [0.15, 0.2) is 43.0 Å². The lowest BCUT2D eigenvalue weighted by atomic mass is 10.00. The molecule has 2 amide bonds. The van der Waals surface area contributed by atoms with Gasteiger partial charge in [-0.25, -0.2) is 9.69 Å². The predicted molar refractivity (Wildman–Crippen MR) is 84.8 cm³/mol. The van der Waals surface area contributed by atoms with Gasteiger partial charge in [-0.1, -0.05) is 42.0 Å². The number of carbonyl (C=O) groups is 3. The van der Waals surface area contributed by atoms with Crippen LogP contribution in [0.3, 0.4) is 0 Å².